The van der Waals surface area contributed by atoms with Gasteiger partial charge in [0.25, 0.3) is 0 Å². The molecule has 6 heteroatoms. The molecule has 0 aliphatic heterocycles. The summed E-state index contributed by atoms with van der Waals surface area (Å²) in [4.78, 5) is 12.0. The van der Waals surface area contributed by atoms with Gasteiger partial charge in [-0.15, -0.1) is 0 Å². The number of anilines is 1. The molecular weight excluding hydrogens is 324 g/mol. The molecule has 0 aromatic heterocycles. The van der Waals surface area contributed by atoms with E-state index in [-0.39, 0.29) is 5.75 Å². The Labute approximate surface area is 137 Å². The maximum Gasteiger partial charge on any atom is 0.387 e. The summed E-state index contributed by atoms with van der Waals surface area (Å²) in [5, 5.41) is 3.19. The molecule has 0 heterocycles. The number of carbonyl (C=O) groups is 1. The van der Waals surface area contributed by atoms with Gasteiger partial charge >= 0.3 is 6.61 Å². The first-order valence-corrected chi connectivity index (χ1v) is 7.12. The first-order chi connectivity index (χ1) is 11.0. The average molecular weight is 338 g/mol. The van der Waals surface area contributed by atoms with Crippen molar-refractivity contribution in [2.24, 2.45) is 0 Å². The largest absolute Gasteiger partial charge is 0.434 e. The Morgan fingerprint density at radius 1 is 1.26 bits per heavy atom. The Morgan fingerprint density at radius 2 is 2.00 bits per heavy atom. The van der Waals surface area contributed by atoms with Gasteiger partial charge in [0.05, 0.1) is 0 Å². The van der Waals surface area contributed by atoms with E-state index < -0.39 is 12.5 Å². The fourth-order valence-electron chi connectivity index (χ4n) is 1.89. The second kappa shape index (κ2) is 7.74. The summed E-state index contributed by atoms with van der Waals surface area (Å²) in [6, 6.07) is 11.4. The van der Waals surface area contributed by atoms with Crippen LogP contribution in [0.3, 0.4) is 0 Å². The van der Waals surface area contributed by atoms with Crippen LogP contribution in [-0.4, -0.2) is 12.5 Å². The van der Waals surface area contributed by atoms with Crippen molar-refractivity contribution in [1.82, 2.24) is 0 Å². The van der Waals surface area contributed by atoms with Gasteiger partial charge in [0.15, 0.2) is 0 Å². The molecule has 0 aliphatic carbocycles. The van der Waals surface area contributed by atoms with Crippen molar-refractivity contribution in [3.8, 4) is 5.75 Å². The molecule has 3 nitrogen and oxygen atoms in total. The Hall–Kier alpha value is -2.40. The highest BCUT2D eigenvalue weighted by atomic mass is 35.5. The van der Waals surface area contributed by atoms with E-state index in [2.05, 4.69) is 10.1 Å². The SMILES string of the molecule is Cc1ccc(Cl)cc1NC(=O)/C=C/c1ccccc1OC(F)F. The van der Waals surface area contributed by atoms with Gasteiger partial charge in [0.2, 0.25) is 5.91 Å². The minimum atomic E-state index is -2.92. The van der Waals surface area contributed by atoms with Crippen LogP contribution in [0.4, 0.5) is 14.5 Å². The summed E-state index contributed by atoms with van der Waals surface area (Å²) in [6.45, 7) is -1.09. The Balaban J connectivity index is 2.11. The molecule has 0 saturated carbocycles. The number of aryl methyl sites for hydroxylation is 1. The zero-order chi connectivity index (χ0) is 16.8. The van der Waals surface area contributed by atoms with E-state index in [0.29, 0.717) is 16.3 Å². The molecule has 23 heavy (non-hydrogen) atoms. The van der Waals surface area contributed by atoms with E-state index in [1.54, 1.807) is 36.4 Å². The zero-order valence-corrected chi connectivity index (χ0v) is 13.0. The van der Waals surface area contributed by atoms with E-state index in [0.717, 1.165) is 5.56 Å². The molecule has 0 atom stereocenters. The quantitative estimate of drug-likeness (QED) is 0.788. The van der Waals surface area contributed by atoms with Gasteiger partial charge in [-0.05, 0) is 36.8 Å². The molecule has 2 aromatic rings. The molecular formula is C17H14ClF2NO2. The Bertz CT molecular complexity index is 732. The third kappa shape index (κ3) is 5.07. The predicted octanol–water partition coefficient (Wildman–Crippen LogP) is 4.90. The second-order valence-corrected chi connectivity index (χ2v) is 5.13. The number of amides is 1. The van der Waals surface area contributed by atoms with Crippen LogP contribution in [0, 0.1) is 6.92 Å². The van der Waals surface area contributed by atoms with Crippen molar-refractivity contribution in [2.75, 3.05) is 5.32 Å². The summed E-state index contributed by atoms with van der Waals surface area (Å²) >= 11 is 5.89. The molecule has 1 N–H and O–H groups in total. The number of para-hydroxylation sites is 1. The van der Waals surface area contributed by atoms with Crippen molar-refractivity contribution in [1.29, 1.82) is 0 Å². The van der Waals surface area contributed by atoms with E-state index in [4.69, 9.17) is 11.6 Å². The van der Waals surface area contributed by atoms with Gasteiger partial charge in [-0.25, -0.2) is 0 Å². The van der Waals surface area contributed by atoms with Crippen LogP contribution >= 0.6 is 11.6 Å². The number of hydrogen-bond donors (Lipinski definition) is 1. The topological polar surface area (TPSA) is 38.3 Å². The molecule has 0 fully saturated rings. The van der Waals surface area contributed by atoms with Crippen LogP contribution in [-0.2, 0) is 4.79 Å². The van der Waals surface area contributed by atoms with Gasteiger partial charge in [-0.3, -0.25) is 4.79 Å². The molecule has 0 radical (unpaired) electrons. The number of rotatable bonds is 5. The summed E-state index contributed by atoms with van der Waals surface area (Å²) in [5.41, 5.74) is 1.83. The van der Waals surface area contributed by atoms with Gasteiger partial charge in [-0.2, -0.15) is 8.78 Å². The average Bonchev–Trinajstić information content (AvgIpc) is 2.49. The summed E-state index contributed by atoms with van der Waals surface area (Å²) in [5.74, 6) is -0.396. The molecule has 1 amide bonds. The number of hydrogen-bond acceptors (Lipinski definition) is 2. The third-order valence-corrected chi connectivity index (χ3v) is 3.24. The van der Waals surface area contributed by atoms with Gasteiger partial charge in [0, 0.05) is 22.3 Å². The lowest BCUT2D eigenvalue weighted by Gasteiger charge is -2.08. The van der Waals surface area contributed by atoms with Crippen LogP contribution < -0.4 is 10.1 Å². The van der Waals surface area contributed by atoms with Crippen molar-refractivity contribution in [3.63, 3.8) is 0 Å². The molecule has 0 spiro atoms. The lowest BCUT2D eigenvalue weighted by atomic mass is 10.1. The minimum absolute atomic E-state index is 0.00508. The number of benzene rings is 2. The fraction of sp³-hybridized carbons (Fsp3) is 0.118. The number of nitrogens with one attached hydrogen (secondary N) is 1. The number of alkyl halides is 2. The van der Waals surface area contributed by atoms with Crippen LogP contribution in [0.15, 0.2) is 48.5 Å². The third-order valence-electron chi connectivity index (χ3n) is 3.01. The van der Waals surface area contributed by atoms with E-state index >= 15 is 0 Å². The van der Waals surface area contributed by atoms with Crippen molar-refractivity contribution >= 4 is 29.3 Å². The molecule has 2 aromatic carbocycles. The normalized spacial score (nSPS) is 11.0. The highest BCUT2D eigenvalue weighted by Gasteiger charge is 2.08. The maximum atomic E-state index is 12.3. The van der Waals surface area contributed by atoms with E-state index in [1.807, 2.05) is 6.92 Å². The standard InChI is InChI=1S/C17H14ClF2NO2/c1-11-6-8-13(18)10-14(11)21-16(22)9-7-12-4-2-3-5-15(12)23-17(19)20/h2-10,17H,1H3,(H,21,22)/b9-7+. The van der Waals surface area contributed by atoms with Crippen molar-refractivity contribution in [3.05, 3.63) is 64.7 Å². The van der Waals surface area contributed by atoms with Crippen molar-refractivity contribution < 1.29 is 18.3 Å². The van der Waals surface area contributed by atoms with Crippen LogP contribution in [0.25, 0.3) is 6.08 Å². The lowest BCUT2D eigenvalue weighted by Crippen LogP contribution is -2.09. The molecule has 0 saturated heterocycles. The molecule has 0 aliphatic rings. The van der Waals surface area contributed by atoms with Gasteiger partial charge in [-0.1, -0.05) is 35.9 Å². The van der Waals surface area contributed by atoms with E-state index in [9.17, 15) is 13.6 Å². The number of carbonyl (C=O) groups excluding carboxylic acids is 1. The van der Waals surface area contributed by atoms with Crippen LogP contribution in [0.5, 0.6) is 5.75 Å². The maximum absolute atomic E-state index is 12.3. The second-order valence-electron chi connectivity index (χ2n) is 4.70. The van der Waals surface area contributed by atoms with Crippen LogP contribution in [0.1, 0.15) is 11.1 Å². The monoisotopic (exact) mass is 337 g/mol. The summed E-state index contributed by atoms with van der Waals surface area (Å²) in [7, 11) is 0. The highest BCUT2D eigenvalue weighted by Crippen LogP contribution is 2.22. The smallest absolute Gasteiger partial charge is 0.387 e. The minimum Gasteiger partial charge on any atom is -0.434 e. The predicted molar refractivity (Wildman–Crippen MR) is 86.9 cm³/mol. The molecule has 0 bridgehead atoms. The number of halogens is 3. The fourth-order valence-corrected chi connectivity index (χ4v) is 2.06. The van der Waals surface area contributed by atoms with Gasteiger partial charge in [0.1, 0.15) is 5.75 Å². The number of ether oxygens (including phenoxy) is 1. The highest BCUT2D eigenvalue weighted by molar-refractivity contribution is 6.31. The molecule has 0 unspecified atom stereocenters. The van der Waals surface area contributed by atoms with Crippen molar-refractivity contribution in [2.45, 2.75) is 13.5 Å². The first-order valence-electron chi connectivity index (χ1n) is 6.75. The summed E-state index contributed by atoms with van der Waals surface area (Å²) < 4.78 is 29.1. The Morgan fingerprint density at radius 3 is 2.74 bits per heavy atom. The molecule has 120 valence electrons. The molecule has 2 rings (SSSR count). The zero-order valence-electron chi connectivity index (χ0n) is 12.2. The summed E-state index contributed by atoms with van der Waals surface area (Å²) in [6.07, 6.45) is 2.65. The Kier molecular flexibility index (Phi) is 5.71. The lowest BCUT2D eigenvalue weighted by molar-refractivity contribution is -0.111. The van der Waals surface area contributed by atoms with E-state index in [1.165, 1.54) is 18.2 Å². The van der Waals surface area contributed by atoms with Gasteiger partial charge < -0.3 is 10.1 Å². The van der Waals surface area contributed by atoms with Crippen LogP contribution in [0.2, 0.25) is 5.02 Å². The first kappa shape index (κ1) is 17.0.